The van der Waals surface area contributed by atoms with Crippen molar-refractivity contribution in [2.24, 2.45) is 5.92 Å². The van der Waals surface area contributed by atoms with Crippen LogP contribution in [0.15, 0.2) is 30.6 Å². The normalized spacial score (nSPS) is 17.4. The zero-order valence-electron chi connectivity index (χ0n) is 15.2. The Kier molecular flexibility index (Phi) is 5.31. The first-order chi connectivity index (χ1) is 12.1. The average molecular weight is 338 g/mol. The Hall–Kier alpha value is -2.43. The molecule has 0 spiro atoms. The maximum absolute atomic E-state index is 12.7. The zero-order valence-corrected chi connectivity index (χ0v) is 15.2. The number of rotatable bonds is 4. The lowest BCUT2D eigenvalue weighted by atomic mass is 10.00. The van der Waals surface area contributed by atoms with Crippen LogP contribution in [0.25, 0.3) is 0 Å². The van der Waals surface area contributed by atoms with E-state index in [1.54, 1.807) is 6.07 Å². The predicted octanol–water partition coefficient (Wildman–Crippen LogP) is 3.96. The van der Waals surface area contributed by atoms with Crippen molar-refractivity contribution in [3.8, 4) is 0 Å². The second-order valence-corrected chi connectivity index (χ2v) is 6.87. The second kappa shape index (κ2) is 7.64. The minimum Gasteiger partial charge on any atom is -0.340 e. The highest BCUT2D eigenvalue weighted by Gasteiger charge is 2.23. The number of anilines is 2. The Morgan fingerprint density at radius 2 is 2.20 bits per heavy atom. The molecule has 1 unspecified atom stereocenters. The minimum absolute atomic E-state index is 0.00232. The molecule has 0 bridgehead atoms. The summed E-state index contributed by atoms with van der Waals surface area (Å²) in [7, 11) is 0. The largest absolute Gasteiger partial charge is 0.340 e. The van der Waals surface area contributed by atoms with Gasteiger partial charge in [0.1, 0.15) is 17.8 Å². The number of carbonyl (C=O) groups excluding carboxylic acids is 1. The lowest BCUT2D eigenvalue weighted by molar-refractivity contribution is 0.0677. The number of benzene rings is 1. The van der Waals surface area contributed by atoms with Crippen molar-refractivity contribution in [1.82, 2.24) is 14.9 Å². The van der Waals surface area contributed by atoms with Gasteiger partial charge in [0.05, 0.1) is 0 Å². The van der Waals surface area contributed by atoms with E-state index >= 15 is 0 Å². The van der Waals surface area contributed by atoms with Crippen molar-refractivity contribution in [1.29, 1.82) is 0 Å². The van der Waals surface area contributed by atoms with E-state index in [1.807, 2.05) is 4.90 Å². The summed E-state index contributed by atoms with van der Waals surface area (Å²) < 4.78 is 0. The van der Waals surface area contributed by atoms with E-state index in [9.17, 15) is 4.79 Å². The summed E-state index contributed by atoms with van der Waals surface area (Å²) in [5.41, 5.74) is 3.92. The van der Waals surface area contributed by atoms with Gasteiger partial charge < -0.3 is 10.2 Å². The van der Waals surface area contributed by atoms with Crippen LogP contribution >= 0.6 is 0 Å². The van der Waals surface area contributed by atoms with Crippen LogP contribution in [0.3, 0.4) is 0 Å². The van der Waals surface area contributed by atoms with E-state index in [0.717, 1.165) is 37.2 Å². The number of carbonyl (C=O) groups is 1. The molecule has 1 aromatic heterocycles. The van der Waals surface area contributed by atoms with Crippen LogP contribution < -0.4 is 5.32 Å². The molecule has 0 radical (unpaired) electrons. The highest BCUT2D eigenvalue weighted by Crippen LogP contribution is 2.25. The number of piperidine rings is 1. The summed E-state index contributed by atoms with van der Waals surface area (Å²) in [6.45, 7) is 8.02. The number of aryl methyl sites for hydroxylation is 2. The Morgan fingerprint density at radius 1 is 1.36 bits per heavy atom. The molecular formula is C20H26N4O. The number of nitrogens with one attached hydrogen (secondary N) is 1. The topological polar surface area (TPSA) is 58.1 Å². The molecule has 1 fully saturated rings. The Bertz CT molecular complexity index is 759. The lowest BCUT2D eigenvalue weighted by Crippen LogP contribution is -2.39. The van der Waals surface area contributed by atoms with E-state index in [4.69, 9.17) is 0 Å². The molecule has 0 saturated carbocycles. The molecule has 5 nitrogen and oxygen atoms in total. The van der Waals surface area contributed by atoms with Crippen molar-refractivity contribution in [2.45, 2.75) is 40.0 Å². The molecule has 1 aliphatic rings. The van der Waals surface area contributed by atoms with Crippen molar-refractivity contribution in [3.05, 3.63) is 47.4 Å². The number of likely N-dealkylation sites (tertiary alicyclic amines) is 1. The van der Waals surface area contributed by atoms with Gasteiger partial charge in [-0.15, -0.1) is 0 Å². The molecule has 25 heavy (non-hydrogen) atoms. The molecule has 1 saturated heterocycles. The Balaban J connectivity index is 1.81. The zero-order chi connectivity index (χ0) is 17.8. The molecule has 132 valence electrons. The third-order valence-electron chi connectivity index (χ3n) is 4.82. The molecule has 1 amide bonds. The van der Waals surface area contributed by atoms with Crippen molar-refractivity contribution in [2.75, 3.05) is 18.4 Å². The van der Waals surface area contributed by atoms with Crippen molar-refractivity contribution < 1.29 is 4.79 Å². The van der Waals surface area contributed by atoms with Crippen molar-refractivity contribution >= 4 is 17.4 Å². The van der Waals surface area contributed by atoms with E-state index in [1.165, 1.54) is 18.3 Å². The van der Waals surface area contributed by atoms with E-state index in [-0.39, 0.29) is 5.91 Å². The summed E-state index contributed by atoms with van der Waals surface area (Å²) in [5, 5.41) is 3.38. The van der Waals surface area contributed by atoms with Gasteiger partial charge in [0, 0.05) is 24.8 Å². The summed E-state index contributed by atoms with van der Waals surface area (Å²) in [5.74, 6) is 1.21. The summed E-state index contributed by atoms with van der Waals surface area (Å²) in [6, 6.07) is 8.00. The van der Waals surface area contributed by atoms with Crippen LogP contribution in [-0.2, 0) is 6.42 Å². The van der Waals surface area contributed by atoms with Crippen LogP contribution in [0.1, 0.15) is 48.3 Å². The smallest absolute Gasteiger partial charge is 0.272 e. The maximum Gasteiger partial charge on any atom is 0.272 e. The van der Waals surface area contributed by atoms with Gasteiger partial charge in [-0.3, -0.25) is 4.79 Å². The minimum atomic E-state index is -0.00232. The van der Waals surface area contributed by atoms with Crippen molar-refractivity contribution in [3.63, 3.8) is 0 Å². The lowest BCUT2D eigenvalue weighted by Gasteiger charge is -2.30. The number of hydrogen-bond acceptors (Lipinski definition) is 4. The fourth-order valence-corrected chi connectivity index (χ4v) is 3.41. The van der Waals surface area contributed by atoms with Gasteiger partial charge >= 0.3 is 0 Å². The Morgan fingerprint density at radius 3 is 2.96 bits per heavy atom. The first-order valence-electron chi connectivity index (χ1n) is 9.05. The summed E-state index contributed by atoms with van der Waals surface area (Å²) in [4.78, 5) is 23.2. The number of para-hydroxylation sites is 1. The van der Waals surface area contributed by atoms with Gasteiger partial charge in [0.25, 0.3) is 5.91 Å². The number of nitrogens with zero attached hydrogens (tertiary/aromatic N) is 3. The van der Waals surface area contributed by atoms with Crippen LogP contribution in [0, 0.1) is 12.8 Å². The number of hydrogen-bond donors (Lipinski definition) is 1. The third kappa shape index (κ3) is 3.98. The van der Waals surface area contributed by atoms with Gasteiger partial charge in [-0.2, -0.15) is 0 Å². The van der Waals surface area contributed by atoms with Gasteiger partial charge in [0.2, 0.25) is 0 Å². The highest BCUT2D eigenvalue weighted by molar-refractivity contribution is 5.93. The van der Waals surface area contributed by atoms with Crippen LogP contribution in [0.2, 0.25) is 0 Å². The molecular weight excluding hydrogens is 312 g/mol. The summed E-state index contributed by atoms with van der Waals surface area (Å²) in [6.07, 6.45) is 4.65. The SMILES string of the molecule is CCc1cccc(C)c1Nc1cc(C(=O)N2CCCC(C)C2)ncn1. The second-order valence-electron chi connectivity index (χ2n) is 6.87. The van der Waals surface area contributed by atoms with Gasteiger partial charge in [0.15, 0.2) is 0 Å². The molecule has 1 aliphatic heterocycles. The van der Waals surface area contributed by atoms with Gasteiger partial charge in [-0.25, -0.2) is 9.97 Å². The monoisotopic (exact) mass is 338 g/mol. The molecule has 2 aromatic rings. The van der Waals surface area contributed by atoms with Gasteiger partial charge in [-0.1, -0.05) is 32.0 Å². The molecule has 2 heterocycles. The number of amides is 1. The molecule has 3 rings (SSSR count). The molecule has 0 aliphatic carbocycles. The van der Waals surface area contributed by atoms with Crippen LogP contribution in [-0.4, -0.2) is 33.9 Å². The fourth-order valence-electron chi connectivity index (χ4n) is 3.41. The van der Waals surface area contributed by atoms with E-state index in [2.05, 4.69) is 54.3 Å². The summed E-state index contributed by atoms with van der Waals surface area (Å²) >= 11 is 0. The van der Waals surface area contributed by atoms with Gasteiger partial charge in [-0.05, 0) is 43.2 Å². The first-order valence-corrected chi connectivity index (χ1v) is 9.05. The molecule has 5 heteroatoms. The molecule has 1 N–H and O–H groups in total. The predicted molar refractivity (Wildman–Crippen MR) is 100 cm³/mol. The first kappa shape index (κ1) is 17.4. The Labute approximate surface area is 149 Å². The molecule has 1 aromatic carbocycles. The van der Waals surface area contributed by atoms with E-state index < -0.39 is 0 Å². The fraction of sp³-hybridized carbons (Fsp3) is 0.450. The average Bonchev–Trinajstić information content (AvgIpc) is 2.63. The standard InChI is InChI=1S/C20H26N4O/c1-4-16-9-5-8-15(3)19(16)23-18-11-17(21-13-22-18)20(25)24-10-6-7-14(2)12-24/h5,8-9,11,13-14H,4,6-7,10,12H2,1-3H3,(H,21,22,23). The van der Waals surface area contributed by atoms with E-state index in [0.29, 0.717) is 17.4 Å². The maximum atomic E-state index is 12.7. The quantitative estimate of drug-likeness (QED) is 0.916. The van der Waals surface area contributed by atoms with Crippen LogP contribution in [0.5, 0.6) is 0 Å². The number of aromatic nitrogens is 2. The van der Waals surface area contributed by atoms with Crippen LogP contribution in [0.4, 0.5) is 11.5 Å². The highest BCUT2D eigenvalue weighted by atomic mass is 16.2. The third-order valence-corrected chi connectivity index (χ3v) is 4.82. The molecule has 1 atom stereocenters.